The molecule has 2 aliphatic heterocycles. The van der Waals surface area contributed by atoms with Gasteiger partial charge in [0.25, 0.3) is 0 Å². The third kappa shape index (κ3) is 7.65. The first kappa shape index (κ1) is 34.4. The number of nitrogens with one attached hydrogen (secondary N) is 1. The number of benzene rings is 1. The molecule has 3 heterocycles. The second-order valence-electron chi connectivity index (χ2n) is 14.8. The molecule has 6 unspecified atom stereocenters. The quantitative estimate of drug-likeness (QED) is 0.391. The first-order valence-electron chi connectivity index (χ1n) is 16.9. The molecule has 1 aromatic carbocycles. The lowest BCUT2D eigenvalue weighted by atomic mass is 9.85. The normalized spacial score (nSPS) is 28.4. The predicted octanol–water partition coefficient (Wildman–Crippen LogP) is 5.94. The molecule has 1 aliphatic carbocycles. The fourth-order valence-corrected chi connectivity index (χ4v) is 6.66. The zero-order valence-corrected chi connectivity index (χ0v) is 29.0. The second kappa shape index (κ2) is 13.7. The first-order valence-corrected chi connectivity index (χ1v) is 16.9. The maximum Gasteiger partial charge on any atom is 0.408 e. The summed E-state index contributed by atoms with van der Waals surface area (Å²) in [6.45, 7) is 13.8. The molecule has 47 heavy (non-hydrogen) atoms. The van der Waals surface area contributed by atoms with Gasteiger partial charge in [-0.3, -0.25) is 4.79 Å². The van der Waals surface area contributed by atoms with Crippen LogP contribution in [0, 0.1) is 23.2 Å². The number of amides is 2. The van der Waals surface area contributed by atoms with Crippen LogP contribution in [0.25, 0.3) is 17.1 Å². The third-order valence-corrected chi connectivity index (χ3v) is 9.53. The topological polar surface area (TPSA) is 129 Å². The van der Waals surface area contributed by atoms with Crippen LogP contribution in [-0.2, 0) is 19.1 Å². The van der Waals surface area contributed by atoms with Crippen LogP contribution >= 0.6 is 0 Å². The van der Waals surface area contributed by atoms with E-state index in [1.807, 2.05) is 66.7 Å². The number of nitrogens with zero attached hydrogens (tertiary/aromatic N) is 3. The van der Waals surface area contributed by atoms with Gasteiger partial charge in [-0.05, 0) is 68.6 Å². The van der Waals surface area contributed by atoms with Gasteiger partial charge in [0.2, 0.25) is 11.8 Å². The van der Waals surface area contributed by atoms with E-state index in [1.165, 1.54) is 4.90 Å². The zero-order chi connectivity index (χ0) is 34.1. The standard InChI is InChI=1S/C36H50N4O7/c1-9-24-28-19-40(29(24)33(42)45-20-21(2)3)32(41)30(35(4,5)6)39-34(43)47-36(7)18-22(36)13-11-10-12-14-26-31(46-28)38-27-17-23(44-8)15-16-25(27)37-26/h12,14-17,21-22,24,28-30H,9-11,13,18-20H2,1-8H3,(H,39,43). The molecule has 6 atom stereocenters. The van der Waals surface area contributed by atoms with Gasteiger partial charge in [-0.15, -0.1) is 0 Å². The highest BCUT2D eigenvalue weighted by Crippen LogP contribution is 2.49. The van der Waals surface area contributed by atoms with Crippen molar-refractivity contribution in [3.63, 3.8) is 0 Å². The van der Waals surface area contributed by atoms with Crippen molar-refractivity contribution in [2.45, 2.75) is 104 Å². The number of ether oxygens (including phenoxy) is 4. The average Bonchev–Trinajstić information content (AvgIpc) is 3.49. The van der Waals surface area contributed by atoms with E-state index in [0.29, 0.717) is 34.8 Å². The Kier molecular flexibility index (Phi) is 10.0. The van der Waals surface area contributed by atoms with Crippen molar-refractivity contribution in [2.24, 2.45) is 23.2 Å². The average molecular weight is 651 g/mol. The van der Waals surface area contributed by atoms with Crippen LogP contribution in [0.4, 0.5) is 4.79 Å². The van der Waals surface area contributed by atoms with Gasteiger partial charge in [-0.1, -0.05) is 47.6 Å². The predicted molar refractivity (Wildman–Crippen MR) is 178 cm³/mol. The molecule has 2 aromatic rings. The maximum atomic E-state index is 14.5. The summed E-state index contributed by atoms with van der Waals surface area (Å²) in [5.41, 5.74) is 0.608. The number of aromatic nitrogens is 2. The van der Waals surface area contributed by atoms with Gasteiger partial charge in [-0.25, -0.2) is 19.6 Å². The van der Waals surface area contributed by atoms with Crippen LogP contribution < -0.4 is 14.8 Å². The largest absolute Gasteiger partial charge is 0.497 e. The maximum absolute atomic E-state index is 14.5. The van der Waals surface area contributed by atoms with Gasteiger partial charge in [0, 0.05) is 17.9 Å². The molecular formula is C36H50N4O7. The summed E-state index contributed by atoms with van der Waals surface area (Å²) in [4.78, 5) is 52.8. The third-order valence-electron chi connectivity index (χ3n) is 9.53. The molecule has 1 N–H and O–H groups in total. The Morgan fingerprint density at radius 1 is 1.19 bits per heavy atom. The van der Waals surface area contributed by atoms with E-state index >= 15 is 0 Å². The number of esters is 1. The van der Waals surface area contributed by atoms with Crippen molar-refractivity contribution in [1.82, 2.24) is 20.2 Å². The van der Waals surface area contributed by atoms with Crippen molar-refractivity contribution >= 4 is 35.1 Å². The van der Waals surface area contributed by atoms with E-state index in [2.05, 4.69) is 11.4 Å². The van der Waals surface area contributed by atoms with Crippen molar-refractivity contribution in [1.29, 1.82) is 0 Å². The van der Waals surface area contributed by atoms with Crippen molar-refractivity contribution in [2.75, 3.05) is 20.3 Å². The highest BCUT2D eigenvalue weighted by molar-refractivity contribution is 5.91. The number of methoxy groups -OCH3 is 1. The van der Waals surface area contributed by atoms with Crippen LogP contribution in [0.15, 0.2) is 24.3 Å². The molecule has 1 aromatic heterocycles. The Morgan fingerprint density at radius 3 is 2.64 bits per heavy atom. The van der Waals surface area contributed by atoms with Gasteiger partial charge in [-0.2, -0.15) is 0 Å². The summed E-state index contributed by atoms with van der Waals surface area (Å²) < 4.78 is 23.8. The smallest absolute Gasteiger partial charge is 0.408 e. The van der Waals surface area contributed by atoms with Crippen molar-refractivity contribution in [3.05, 3.63) is 30.0 Å². The Bertz CT molecular complexity index is 1520. The Morgan fingerprint density at radius 2 is 1.96 bits per heavy atom. The van der Waals surface area contributed by atoms with Crippen LogP contribution in [0.2, 0.25) is 0 Å². The van der Waals surface area contributed by atoms with Crippen LogP contribution in [0.1, 0.15) is 86.3 Å². The molecule has 2 bridgehead atoms. The lowest BCUT2D eigenvalue weighted by molar-refractivity contribution is -0.157. The van der Waals surface area contributed by atoms with E-state index in [0.717, 1.165) is 25.7 Å². The molecule has 3 aliphatic rings. The molecule has 256 valence electrons. The molecule has 2 fully saturated rings. The summed E-state index contributed by atoms with van der Waals surface area (Å²) in [6, 6.07) is 3.63. The highest BCUT2D eigenvalue weighted by Gasteiger charge is 2.55. The number of fused-ring (bicyclic) bond motifs is 5. The minimum Gasteiger partial charge on any atom is -0.497 e. The molecule has 0 spiro atoms. The Balaban J connectivity index is 1.58. The summed E-state index contributed by atoms with van der Waals surface area (Å²) in [5.74, 6) is 0.0321. The molecular weight excluding hydrogens is 600 g/mol. The first-order chi connectivity index (χ1) is 22.2. The Labute approximate surface area is 277 Å². The Hall–Kier alpha value is -3.89. The number of alkyl carbamates (subject to hydrolysis) is 1. The fourth-order valence-electron chi connectivity index (χ4n) is 6.66. The highest BCUT2D eigenvalue weighted by atomic mass is 16.6. The van der Waals surface area contributed by atoms with Crippen molar-refractivity contribution in [3.8, 4) is 11.6 Å². The number of carbonyl (C=O) groups is 3. The molecule has 2 amide bonds. The van der Waals surface area contributed by atoms with E-state index in [1.54, 1.807) is 13.2 Å². The lowest BCUT2D eigenvalue weighted by Crippen LogP contribution is -2.57. The minimum atomic E-state index is -0.960. The molecule has 0 radical (unpaired) electrons. The summed E-state index contributed by atoms with van der Waals surface area (Å²) in [5, 5.41) is 2.87. The molecule has 11 heteroatoms. The molecule has 1 saturated carbocycles. The molecule has 5 rings (SSSR count). The van der Waals surface area contributed by atoms with Gasteiger partial charge in [0.1, 0.15) is 35.2 Å². The van der Waals surface area contributed by atoms with Crippen LogP contribution in [-0.4, -0.2) is 76.9 Å². The summed E-state index contributed by atoms with van der Waals surface area (Å²) >= 11 is 0. The van der Waals surface area contributed by atoms with Gasteiger partial charge < -0.3 is 29.2 Å². The number of carbonyl (C=O) groups excluding carboxylic acids is 3. The summed E-state index contributed by atoms with van der Waals surface area (Å²) in [7, 11) is 1.60. The van der Waals surface area contributed by atoms with E-state index in [4.69, 9.17) is 28.9 Å². The molecule has 11 nitrogen and oxygen atoms in total. The van der Waals surface area contributed by atoms with E-state index in [-0.39, 0.29) is 25.0 Å². The van der Waals surface area contributed by atoms with Gasteiger partial charge in [0.15, 0.2) is 0 Å². The van der Waals surface area contributed by atoms with Gasteiger partial charge >= 0.3 is 12.1 Å². The second-order valence-corrected chi connectivity index (χ2v) is 14.8. The fraction of sp³-hybridized carbons (Fsp3) is 0.639. The SMILES string of the molecule is CCC1C2CN(C(=O)C(C(C)(C)C)NC(=O)OC3(C)CC3CCCC=Cc3nc4ccc(OC)cc4nc3O2)C1C(=O)OCC(C)C. The van der Waals surface area contributed by atoms with E-state index < -0.39 is 53.1 Å². The van der Waals surface area contributed by atoms with Crippen LogP contribution in [0.3, 0.4) is 0 Å². The van der Waals surface area contributed by atoms with Gasteiger partial charge in [0.05, 0.1) is 31.3 Å². The number of allylic oxidation sites excluding steroid dienone is 1. The van der Waals surface area contributed by atoms with Crippen LogP contribution in [0.5, 0.6) is 11.6 Å². The molecule has 1 saturated heterocycles. The monoisotopic (exact) mass is 650 g/mol. The van der Waals surface area contributed by atoms with E-state index in [9.17, 15) is 14.4 Å². The number of rotatable bonds is 5. The van der Waals surface area contributed by atoms with Crippen molar-refractivity contribution < 1.29 is 33.3 Å². The minimum absolute atomic E-state index is 0.100. The summed E-state index contributed by atoms with van der Waals surface area (Å²) in [6.07, 6.45) is 6.68. The number of hydrogen-bond acceptors (Lipinski definition) is 9. The number of hydrogen-bond donors (Lipinski definition) is 1. The lowest BCUT2D eigenvalue weighted by Gasteiger charge is -2.35. The zero-order valence-electron chi connectivity index (χ0n) is 29.0.